The molecule has 4 rings (SSSR count). The van der Waals surface area contributed by atoms with Gasteiger partial charge in [-0.1, -0.05) is 36.4 Å². The smallest absolute Gasteiger partial charge is 0.365 e. The molecular formula is C26H28F3N5O2. The summed E-state index contributed by atoms with van der Waals surface area (Å²) in [4.78, 5) is 29.3. The molecule has 1 aliphatic rings. The normalized spacial score (nSPS) is 16.2. The van der Waals surface area contributed by atoms with Gasteiger partial charge in [0.05, 0.1) is 11.3 Å². The van der Waals surface area contributed by atoms with Crippen molar-refractivity contribution in [3.8, 4) is 5.69 Å². The van der Waals surface area contributed by atoms with Crippen molar-refractivity contribution in [2.24, 2.45) is 0 Å². The first-order valence-electron chi connectivity index (χ1n) is 11.8. The van der Waals surface area contributed by atoms with Crippen molar-refractivity contribution in [3.63, 3.8) is 0 Å². The molecule has 7 nitrogen and oxygen atoms in total. The molecular weight excluding hydrogens is 471 g/mol. The second-order valence-electron chi connectivity index (χ2n) is 8.75. The summed E-state index contributed by atoms with van der Waals surface area (Å²) in [5, 5.41) is 6.09. The Hall–Kier alpha value is -3.82. The number of carbonyl (C=O) groups excluding carboxylic acids is 2. The van der Waals surface area contributed by atoms with E-state index in [2.05, 4.69) is 22.2 Å². The Bertz CT molecular complexity index is 1180. The van der Waals surface area contributed by atoms with Gasteiger partial charge in [-0.2, -0.15) is 18.3 Å². The first-order chi connectivity index (χ1) is 17.2. The number of hydrogen-bond acceptors (Lipinski definition) is 4. The standard InChI is InChI=1S/C26H28F3N5O2/c1-19-17-32(15-16-33(19)20-9-4-2-5-10-20)23(35)13-8-14-30-25(36)22-18-34(21-11-6-3-7-12-21)31-24(22)26(27,28)29/h2-7,9-12,18-19H,8,13-17H2,1H3,(H,30,36). The first-order valence-corrected chi connectivity index (χ1v) is 11.8. The Morgan fingerprint density at radius 1 is 1.00 bits per heavy atom. The average molecular weight is 500 g/mol. The summed E-state index contributed by atoms with van der Waals surface area (Å²) >= 11 is 0. The molecule has 36 heavy (non-hydrogen) atoms. The van der Waals surface area contributed by atoms with E-state index in [0.717, 1.165) is 23.1 Å². The van der Waals surface area contributed by atoms with Gasteiger partial charge in [0.25, 0.3) is 5.91 Å². The number of piperazine rings is 1. The maximum absolute atomic E-state index is 13.5. The molecule has 1 N–H and O–H groups in total. The molecule has 10 heteroatoms. The lowest BCUT2D eigenvalue weighted by Crippen LogP contribution is -2.53. The SMILES string of the molecule is CC1CN(C(=O)CCCNC(=O)c2cn(-c3ccccc3)nc2C(F)(F)F)CCN1c1ccccc1. The lowest BCUT2D eigenvalue weighted by atomic mass is 10.1. The number of para-hydroxylation sites is 2. The van der Waals surface area contributed by atoms with Gasteiger partial charge in [0.2, 0.25) is 5.91 Å². The fraction of sp³-hybridized carbons (Fsp3) is 0.346. The summed E-state index contributed by atoms with van der Waals surface area (Å²) in [6.45, 7) is 4.06. The van der Waals surface area contributed by atoms with Crippen molar-refractivity contribution in [2.75, 3.05) is 31.1 Å². The van der Waals surface area contributed by atoms with Crippen LogP contribution in [0.4, 0.5) is 18.9 Å². The Kier molecular flexibility index (Phi) is 7.61. The van der Waals surface area contributed by atoms with E-state index in [1.54, 1.807) is 35.2 Å². The van der Waals surface area contributed by atoms with Crippen LogP contribution in [-0.4, -0.2) is 58.7 Å². The topological polar surface area (TPSA) is 70.5 Å². The Labute approximate surface area is 207 Å². The summed E-state index contributed by atoms with van der Waals surface area (Å²) in [5.41, 5.74) is -0.267. The first kappa shape index (κ1) is 25.3. The van der Waals surface area contributed by atoms with E-state index in [9.17, 15) is 22.8 Å². The zero-order valence-corrected chi connectivity index (χ0v) is 19.9. The molecule has 0 bridgehead atoms. The molecule has 1 unspecified atom stereocenters. The quantitative estimate of drug-likeness (QED) is 0.496. The Morgan fingerprint density at radius 2 is 1.64 bits per heavy atom. The van der Waals surface area contributed by atoms with Gasteiger partial charge in [-0.25, -0.2) is 4.68 Å². The second-order valence-corrected chi connectivity index (χ2v) is 8.75. The third-order valence-corrected chi connectivity index (χ3v) is 6.17. The van der Waals surface area contributed by atoms with Crippen molar-refractivity contribution in [1.82, 2.24) is 20.0 Å². The number of carbonyl (C=O) groups is 2. The van der Waals surface area contributed by atoms with Crippen molar-refractivity contribution >= 4 is 17.5 Å². The summed E-state index contributed by atoms with van der Waals surface area (Å²) in [6.07, 6.45) is -3.17. The lowest BCUT2D eigenvalue weighted by molar-refractivity contribution is -0.141. The monoisotopic (exact) mass is 499 g/mol. The van der Waals surface area contributed by atoms with Crippen molar-refractivity contribution in [1.29, 1.82) is 0 Å². The van der Waals surface area contributed by atoms with E-state index in [1.165, 1.54) is 0 Å². The van der Waals surface area contributed by atoms with Gasteiger partial charge in [0.15, 0.2) is 5.69 Å². The number of rotatable bonds is 7. The van der Waals surface area contributed by atoms with E-state index in [4.69, 9.17) is 0 Å². The molecule has 2 heterocycles. The van der Waals surface area contributed by atoms with Gasteiger partial charge in [-0.15, -0.1) is 0 Å². The molecule has 1 fully saturated rings. The minimum Gasteiger partial charge on any atom is -0.365 e. The maximum Gasteiger partial charge on any atom is 0.435 e. The second kappa shape index (κ2) is 10.8. The molecule has 2 amide bonds. The van der Waals surface area contributed by atoms with Crippen molar-refractivity contribution in [3.05, 3.63) is 78.1 Å². The molecule has 1 saturated heterocycles. The number of hydrogen-bond donors (Lipinski definition) is 1. The van der Waals surface area contributed by atoms with Crippen LogP contribution in [0.5, 0.6) is 0 Å². The van der Waals surface area contributed by atoms with Crippen molar-refractivity contribution in [2.45, 2.75) is 32.0 Å². The van der Waals surface area contributed by atoms with E-state index in [0.29, 0.717) is 25.2 Å². The highest BCUT2D eigenvalue weighted by atomic mass is 19.4. The fourth-order valence-electron chi connectivity index (χ4n) is 4.34. The summed E-state index contributed by atoms with van der Waals surface area (Å²) < 4.78 is 41.5. The van der Waals surface area contributed by atoms with Crippen LogP contribution in [0.15, 0.2) is 66.9 Å². The van der Waals surface area contributed by atoms with E-state index in [-0.39, 0.29) is 24.9 Å². The number of halogens is 3. The van der Waals surface area contributed by atoms with Crippen molar-refractivity contribution < 1.29 is 22.8 Å². The van der Waals surface area contributed by atoms with Crippen LogP contribution in [0.1, 0.15) is 35.8 Å². The Morgan fingerprint density at radius 3 is 2.25 bits per heavy atom. The number of benzene rings is 2. The number of aromatic nitrogens is 2. The zero-order valence-electron chi connectivity index (χ0n) is 19.9. The highest BCUT2D eigenvalue weighted by molar-refractivity contribution is 5.95. The molecule has 1 aliphatic heterocycles. The molecule has 190 valence electrons. The molecule has 1 atom stereocenters. The summed E-state index contributed by atoms with van der Waals surface area (Å²) in [6, 6.07) is 18.5. The fourth-order valence-corrected chi connectivity index (χ4v) is 4.34. The molecule has 1 aromatic heterocycles. The minimum atomic E-state index is -4.78. The van der Waals surface area contributed by atoms with Gasteiger partial charge >= 0.3 is 6.18 Å². The van der Waals surface area contributed by atoms with Crippen LogP contribution in [-0.2, 0) is 11.0 Å². The molecule has 0 spiro atoms. The maximum atomic E-state index is 13.5. The van der Waals surface area contributed by atoms with Crippen LogP contribution < -0.4 is 10.2 Å². The van der Waals surface area contributed by atoms with Gasteiger partial charge in [-0.05, 0) is 37.6 Å². The van der Waals surface area contributed by atoms with E-state index >= 15 is 0 Å². The number of nitrogens with zero attached hydrogens (tertiary/aromatic N) is 4. The van der Waals surface area contributed by atoms with Crippen LogP contribution in [0.2, 0.25) is 0 Å². The van der Waals surface area contributed by atoms with Gasteiger partial charge in [-0.3, -0.25) is 9.59 Å². The molecule has 0 saturated carbocycles. The third-order valence-electron chi connectivity index (χ3n) is 6.17. The average Bonchev–Trinajstić information content (AvgIpc) is 3.34. The Balaban J connectivity index is 1.29. The highest BCUT2D eigenvalue weighted by Gasteiger charge is 2.39. The summed E-state index contributed by atoms with van der Waals surface area (Å²) in [7, 11) is 0. The number of alkyl halides is 3. The van der Waals surface area contributed by atoms with E-state index in [1.807, 2.05) is 30.3 Å². The highest BCUT2D eigenvalue weighted by Crippen LogP contribution is 2.31. The van der Waals surface area contributed by atoms with Gasteiger partial charge < -0.3 is 15.1 Å². The van der Waals surface area contributed by atoms with Gasteiger partial charge in [0.1, 0.15) is 0 Å². The van der Waals surface area contributed by atoms with Crippen LogP contribution in [0.25, 0.3) is 5.69 Å². The minimum absolute atomic E-state index is 0.0308. The molecule has 2 aromatic carbocycles. The van der Waals surface area contributed by atoms with Crippen LogP contribution in [0, 0.1) is 0 Å². The number of nitrogens with one attached hydrogen (secondary N) is 1. The molecule has 0 radical (unpaired) electrons. The molecule has 0 aliphatic carbocycles. The van der Waals surface area contributed by atoms with E-state index < -0.39 is 23.3 Å². The lowest BCUT2D eigenvalue weighted by Gasteiger charge is -2.41. The number of amides is 2. The molecule has 3 aromatic rings. The largest absolute Gasteiger partial charge is 0.435 e. The summed E-state index contributed by atoms with van der Waals surface area (Å²) in [5.74, 6) is -0.904. The van der Waals surface area contributed by atoms with Gasteiger partial charge in [0, 0.05) is 50.5 Å². The van der Waals surface area contributed by atoms with Crippen LogP contribution in [0.3, 0.4) is 0 Å². The predicted molar refractivity (Wildman–Crippen MR) is 130 cm³/mol. The third kappa shape index (κ3) is 5.87. The predicted octanol–water partition coefficient (Wildman–Crippen LogP) is 4.14. The van der Waals surface area contributed by atoms with Crippen LogP contribution >= 0.6 is 0 Å². The zero-order chi connectivity index (χ0) is 25.7. The number of anilines is 1.